The van der Waals surface area contributed by atoms with E-state index in [-0.39, 0.29) is 0 Å². The highest BCUT2D eigenvalue weighted by molar-refractivity contribution is 5.13. The maximum absolute atomic E-state index is 4.17. The third kappa shape index (κ3) is 1.49. The Labute approximate surface area is 73.8 Å². The molecule has 1 aromatic heterocycles. The Morgan fingerprint density at radius 2 is 2.00 bits per heavy atom. The molecule has 1 rings (SSSR count). The fraction of sp³-hybridized carbons (Fsp3) is 0.778. The molecule has 0 aliphatic heterocycles. The molecule has 12 heavy (non-hydrogen) atoms. The van der Waals surface area contributed by atoms with Gasteiger partial charge >= 0.3 is 0 Å². The van der Waals surface area contributed by atoms with Crippen LogP contribution < -0.4 is 0 Å². The number of hydrogen-bond donors (Lipinski definition) is 0. The minimum Gasteiger partial charge on any atom is -0.249 e. The molecule has 0 aromatic carbocycles. The van der Waals surface area contributed by atoms with Crippen LogP contribution in [0.15, 0.2) is 0 Å². The number of rotatable bonds is 3. The summed E-state index contributed by atoms with van der Waals surface area (Å²) in [5.74, 6) is 0.486. The van der Waals surface area contributed by atoms with Crippen molar-refractivity contribution in [1.29, 1.82) is 0 Å². The molecule has 0 atom stereocenters. The molecule has 0 N–H and O–H groups in total. The van der Waals surface area contributed by atoms with Gasteiger partial charge in [-0.3, -0.25) is 0 Å². The van der Waals surface area contributed by atoms with Crippen LogP contribution in [0.5, 0.6) is 0 Å². The van der Waals surface area contributed by atoms with Crippen molar-refractivity contribution in [2.45, 2.75) is 46.6 Å². The summed E-state index contributed by atoms with van der Waals surface area (Å²) in [6.07, 6.45) is 1.02. The van der Waals surface area contributed by atoms with Crippen molar-refractivity contribution in [3.63, 3.8) is 0 Å². The highest BCUT2D eigenvalue weighted by atomic mass is 15.4. The molecule has 0 saturated carbocycles. The van der Waals surface area contributed by atoms with Gasteiger partial charge in [0.25, 0.3) is 0 Å². The molecule has 0 fully saturated rings. The molecule has 0 unspecified atom stereocenters. The van der Waals surface area contributed by atoms with Crippen LogP contribution in [-0.4, -0.2) is 15.0 Å². The van der Waals surface area contributed by atoms with Gasteiger partial charge in [-0.15, -0.1) is 5.10 Å². The van der Waals surface area contributed by atoms with Crippen LogP contribution in [0.4, 0.5) is 0 Å². The first kappa shape index (κ1) is 9.23. The summed E-state index contributed by atoms with van der Waals surface area (Å²) < 4.78 is 1.98. The first-order valence-corrected chi connectivity index (χ1v) is 4.62. The molecule has 68 valence electrons. The summed E-state index contributed by atoms with van der Waals surface area (Å²) >= 11 is 0. The second kappa shape index (κ2) is 3.70. The third-order valence-corrected chi connectivity index (χ3v) is 2.05. The Balaban J connectivity index is 3.05. The van der Waals surface area contributed by atoms with Crippen LogP contribution in [0.25, 0.3) is 0 Å². The van der Waals surface area contributed by atoms with E-state index < -0.39 is 0 Å². The molecule has 0 amide bonds. The predicted molar refractivity (Wildman–Crippen MR) is 49.2 cm³/mol. The number of aromatic nitrogens is 3. The quantitative estimate of drug-likeness (QED) is 0.689. The smallest absolute Gasteiger partial charge is 0.0884 e. The van der Waals surface area contributed by atoms with Crippen LogP contribution in [0.2, 0.25) is 0 Å². The van der Waals surface area contributed by atoms with E-state index in [1.165, 1.54) is 5.69 Å². The Hall–Kier alpha value is -0.860. The number of aryl methyl sites for hydroxylation is 1. The minimum absolute atomic E-state index is 0.486. The van der Waals surface area contributed by atoms with E-state index >= 15 is 0 Å². The van der Waals surface area contributed by atoms with Crippen LogP contribution in [-0.2, 0) is 13.0 Å². The van der Waals surface area contributed by atoms with E-state index in [0.717, 1.165) is 18.7 Å². The maximum Gasteiger partial charge on any atom is 0.0884 e. The lowest BCUT2D eigenvalue weighted by molar-refractivity contribution is 0.601. The normalized spacial score (nSPS) is 11.1. The van der Waals surface area contributed by atoms with E-state index in [0.29, 0.717) is 5.92 Å². The van der Waals surface area contributed by atoms with Gasteiger partial charge in [0.1, 0.15) is 0 Å². The standard InChI is InChI=1S/C9H17N3/c1-5-8-9(7(3)4)10-11-12(8)6-2/h7H,5-6H2,1-4H3. The summed E-state index contributed by atoms with van der Waals surface area (Å²) in [5, 5.41) is 8.26. The van der Waals surface area contributed by atoms with Crippen molar-refractivity contribution < 1.29 is 0 Å². The minimum atomic E-state index is 0.486. The van der Waals surface area contributed by atoms with Gasteiger partial charge < -0.3 is 0 Å². The fourth-order valence-electron chi connectivity index (χ4n) is 1.41. The largest absolute Gasteiger partial charge is 0.249 e. The number of hydrogen-bond acceptors (Lipinski definition) is 2. The van der Waals surface area contributed by atoms with Gasteiger partial charge in [-0.05, 0) is 19.3 Å². The maximum atomic E-state index is 4.17. The predicted octanol–water partition coefficient (Wildman–Crippen LogP) is 1.98. The van der Waals surface area contributed by atoms with Crippen molar-refractivity contribution >= 4 is 0 Å². The molecular formula is C9H17N3. The molecule has 3 nitrogen and oxygen atoms in total. The van der Waals surface area contributed by atoms with E-state index in [1.54, 1.807) is 0 Å². The summed E-state index contributed by atoms with van der Waals surface area (Å²) in [7, 11) is 0. The van der Waals surface area contributed by atoms with Gasteiger partial charge in [0.15, 0.2) is 0 Å². The van der Waals surface area contributed by atoms with Crippen molar-refractivity contribution in [3.8, 4) is 0 Å². The van der Waals surface area contributed by atoms with E-state index in [4.69, 9.17) is 0 Å². The zero-order valence-electron chi connectivity index (χ0n) is 8.33. The summed E-state index contributed by atoms with van der Waals surface area (Å²) in [6, 6.07) is 0. The third-order valence-electron chi connectivity index (χ3n) is 2.05. The molecule has 0 radical (unpaired) electrons. The SMILES string of the molecule is CCc1c(C(C)C)nnn1CC. The van der Waals surface area contributed by atoms with E-state index in [9.17, 15) is 0 Å². The van der Waals surface area contributed by atoms with Crippen molar-refractivity contribution in [2.24, 2.45) is 0 Å². The van der Waals surface area contributed by atoms with Gasteiger partial charge in [-0.1, -0.05) is 26.0 Å². The summed E-state index contributed by atoms with van der Waals surface area (Å²) in [4.78, 5) is 0. The molecule has 3 heteroatoms. The Morgan fingerprint density at radius 1 is 1.33 bits per heavy atom. The van der Waals surface area contributed by atoms with Gasteiger partial charge in [0.05, 0.1) is 11.4 Å². The first-order chi connectivity index (χ1) is 5.70. The zero-order chi connectivity index (χ0) is 9.14. The van der Waals surface area contributed by atoms with E-state index in [2.05, 4.69) is 38.0 Å². The first-order valence-electron chi connectivity index (χ1n) is 4.62. The molecular weight excluding hydrogens is 150 g/mol. The lowest BCUT2D eigenvalue weighted by atomic mass is 10.1. The Morgan fingerprint density at radius 3 is 2.42 bits per heavy atom. The average molecular weight is 167 g/mol. The van der Waals surface area contributed by atoms with Crippen molar-refractivity contribution in [2.75, 3.05) is 0 Å². The monoisotopic (exact) mass is 167 g/mol. The zero-order valence-corrected chi connectivity index (χ0v) is 8.33. The van der Waals surface area contributed by atoms with Gasteiger partial charge in [0, 0.05) is 6.54 Å². The molecule has 0 spiro atoms. The van der Waals surface area contributed by atoms with E-state index in [1.807, 2.05) is 4.68 Å². The van der Waals surface area contributed by atoms with Crippen molar-refractivity contribution in [3.05, 3.63) is 11.4 Å². The molecule has 0 bridgehead atoms. The molecule has 0 saturated heterocycles. The van der Waals surface area contributed by atoms with Crippen LogP contribution >= 0.6 is 0 Å². The van der Waals surface area contributed by atoms with Gasteiger partial charge in [-0.25, -0.2) is 4.68 Å². The van der Waals surface area contributed by atoms with Gasteiger partial charge in [0.2, 0.25) is 0 Å². The summed E-state index contributed by atoms with van der Waals surface area (Å²) in [6.45, 7) is 9.48. The van der Waals surface area contributed by atoms with Crippen LogP contribution in [0, 0.1) is 0 Å². The molecule has 1 aromatic rings. The fourth-order valence-corrected chi connectivity index (χ4v) is 1.41. The second-order valence-electron chi connectivity index (χ2n) is 3.25. The Kier molecular flexibility index (Phi) is 2.84. The summed E-state index contributed by atoms with van der Waals surface area (Å²) in [5.41, 5.74) is 2.44. The molecule has 1 heterocycles. The van der Waals surface area contributed by atoms with Crippen LogP contribution in [0.3, 0.4) is 0 Å². The van der Waals surface area contributed by atoms with Gasteiger partial charge in [-0.2, -0.15) is 0 Å². The highest BCUT2D eigenvalue weighted by Crippen LogP contribution is 2.16. The topological polar surface area (TPSA) is 30.7 Å². The Bertz CT molecular complexity index is 250. The highest BCUT2D eigenvalue weighted by Gasteiger charge is 2.12. The van der Waals surface area contributed by atoms with Crippen LogP contribution in [0.1, 0.15) is 45.0 Å². The average Bonchev–Trinajstić information content (AvgIpc) is 2.46. The molecule has 0 aliphatic carbocycles. The number of nitrogens with zero attached hydrogens (tertiary/aromatic N) is 3. The second-order valence-corrected chi connectivity index (χ2v) is 3.25. The lowest BCUT2D eigenvalue weighted by Crippen LogP contribution is -2.03. The van der Waals surface area contributed by atoms with Crippen molar-refractivity contribution in [1.82, 2.24) is 15.0 Å². The lowest BCUT2D eigenvalue weighted by Gasteiger charge is -2.04. The molecule has 0 aliphatic rings.